The maximum atomic E-state index is 13.3. The minimum absolute atomic E-state index is 0.00125. The Kier molecular flexibility index (Phi) is 6.21. The molecule has 0 aliphatic heterocycles. The summed E-state index contributed by atoms with van der Waals surface area (Å²) in [4.78, 5) is 37.6. The molecule has 170 valence electrons. The topological polar surface area (TPSA) is 68.1 Å². The molecule has 0 spiro atoms. The number of rotatable bonds is 6. The summed E-state index contributed by atoms with van der Waals surface area (Å²) < 4.78 is 2.96. The zero-order valence-corrected chi connectivity index (χ0v) is 20.4. The lowest BCUT2D eigenvalue weighted by Crippen LogP contribution is -2.32. The van der Waals surface area contributed by atoms with Gasteiger partial charge in [0, 0.05) is 13.1 Å². The summed E-state index contributed by atoms with van der Waals surface area (Å²) in [7, 11) is 1.82. The van der Waals surface area contributed by atoms with Crippen molar-refractivity contribution < 1.29 is 4.79 Å². The average molecular weight is 479 g/mol. The second-order valence-electron chi connectivity index (χ2n) is 8.51. The van der Waals surface area contributed by atoms with Gasteiger partial charge in [-0.15, -0.1) is 11.3 Å². The van der Waals surface area contributed by atoms with Crippen molar-refractivity contribution in [1.29, 1.82) is 0 Å². The highest BCUT2D eigenvalue weighted by molar-refractivity contribution is 7.99. The molecule has 1 saturated carbocycles. The van der Waals surface area contributed by atoms with Gasteiger partial charge in [0.25, 0.3) is 5.56 Å². The first-order valence-corrected chi connectivity index (χ1v) is 13.1. The zero-order chi connectivity index (χ0) is 22.9. The van der Waals surface area contributed by atoms with E-state index in [1.54, 1.807) is 16.2 Å². The van der Waals surface area contributed by atoms with Gasteiger partial charge in [0.15, 0.2) is 5.16 Å². The molecule has 1 aliphatic carbocycles. The summed E-state index contributed by atoms with van der Waals surface area (Å²) >= 11 is 2.98. The third kappa shape index (κ3) is 4.29. The minimum Gasteiger partial charge on any atom is -0.336 e. The lowest BCUT2D eigenvalue weighted by Gasteiger charge is -2.24. The largest absolute Gasteiger partial charge is 0.336 e. The number of carbonyl (C=O) groups is 1. The normalized spacial score (nSPS) is 15.3. The number of para-hydroxylation sites is 2. The molecule has 6 nitrogen and oxygen atoms in total. The number of benzene rings is 2. The van der Waals surface area contributed by atoms with Crippen LogP contribution in [0, 0.1) is 0 Å². The molecule has 1 fully saturated rings. The number of hydrogen-bond donors (Lipinski definition) is 0. The number of aromatic nitrogens is 3. The molecule has 2 aromatic heterocycles. The molecule has 8 heteroatoms. The highest BCUT2D eigenvalue weighted by atomic mass is 32.2. The lowest BCUT2D eigenvalue weighted by atomic mass is 10.2. The quantitative estimate of drug-likeness (QED) is 0.273. The second-order valence-corrected chi connectivity index (χ2v) is 10.5. The average Bonchev–Trinajstić information content (AvgIpc) is 3.51. The van der Waals surface area contributed by atoms with Gasteiger partial charge in [0.2, 0.25) is 5.91 Å². The fourth-order valence-electron chi connectivity index (χ4n) is 4.39. The lowest BCUT2D eigenvalue weighted by molar-refractivity contribution is -0.128. The van der Waals surface area contributed by atoms with Crippen molar-refractivity contribution in [2.75, 3.05) is 12.8 Å². The number of amides is 1. The predicted molar refractivity (Wildman–Crippen MR) is 135 cm³/mol. The van der Waals surface area contributed by atoms with Crippen LogP contribution < -0.4 is 5.56 Å². The Morgan fingerprint density at radius 2 is 1.82 bits per heavy atom. The van der Waals surface area contributed by atoms with Gasteiger partial charge in [0.05, 0.1) is 32.9 Å². The molecule has 1 amide bonds. The Hall–Kier alpha value is -2.71. The monoisotopic (exact) mass is 478 g/mol. The van der Waals surface area contributed by atoms with Crippen LogP contribution in [0.1, 0.15) is 49.7 Å². The number of nitrogens with zero attached hydrogens (tertiary/aromatic N) is 4. The third-order valence-electron chi connectivity index (χ3n) is 6.43. The maximum Gasteiger partial charge on any atom is 0.262 e. The Balaban J connectivity index is 1.37. The number of hydrogen-bond acceptors (Lipinski definition) is 6. The fraction of sp³-hybridized carbons (Fsp3) is 0.360. The molecular weight excluding hydrogens is 452 g/mol. The smallest absolute Gasteiger partial charge is 0.262 e. The first-order valence-electron chi connectivity index (χ1n) is 11.3. The fourth-order valence-corrected chi connectivity index (χ4v) is 6.44. The van der Waals surface area contributed by atoms with Crippen LogP contribution in [0.4, 0.5) is 0 Å². The standard InChI is InChI=1S/C25H26N4O2S2/c1-16(23-26-20-13-7-8-14-21(20)33-23)28(2)22(30)15-32-25-27-19-12-6-5-11-18(19)24(31)29(25)17-9-3-4-10-17/h5-8,11-14,16-17H,3-4,9-10,15H2,1-2H3/t16-/m0/s1. The van der Waals surface area contributed by atoms with E-state index < -0.39 is 0 Å². The van der Waals surface area contributed by atoms with Crippen LogP contribution in [0.25, 0.3) is 21.1 Å². The zero-order valence-electron chi connectivity index (χ0n) is 18.7. The molecule has 2 heterocycles. The van der Waals surface area contributed by atoms with Crippen molar-refractivity contribution in [3.8, 4) is 0 Å². The van der Waals surface area contributed by atoms with Crippen LogP contribution in [-0.2, 0) is 4.79 Å². The van der Waals surface area contributed by atoms with Gasteiger partial charge < -0.3 is 4.90 Å². The Labute approximate surface area is 200 Å². The first-order chi connectivity index (χ1) is 16.0. The second kappa shape index (κ2) is 9.27. The van der Waals surface area contributed by atoms with Crippen molar-refractivity contribution in [2.24, 2.45) is 0 Å². The number of thioether (sulfide) groups is 1. The van der Waals surface area contributed by atoms with Gasteiger partial charge in [-0.3, -0.25) is 14.2 Å². The van der Waals surface area contributed by atoms with Crippen LogP contribution in [0.3, 0.4) is 0 Å². The minimum atomic E-state index is -0.128. The van der Waals surface area contributed by atoms with E-state index in [9.17, 15) is 9.59 Å². The molecule has 0 bridgehead atoms. The molecule has 1 aliphatic rings. The van der Waals surface area contributed by atoms with Gasteiger partial charge >= 0.3 is 0 Å². The van der Waals surface area contributed by atoms with Crippen LogP contribution in [-0.4, -0.2) is 38.1 Å². The van der Waals surface area contributed by atoms with E-state index in [2.05, 4.69) is 6.07 Å². The molecule has 2 aromatic carbocycles. The molecule has 0 saturated heterocycles. The van der Waals surface area contributed by atoms with Gasteiger partial charge in [0.1, 0.15) is 5.01 Å². The summed E-state index contributed by atoms with van der Waals surface area (Å²) in [6, 6.07) is 15.5. The molecule has 0 radical (unpaired) electrons. The van der Waals surface area contributed by atoms with Gasteiger partial charge in [-0.25, -0.2) is 9.97 Å². The van der Waals surface area contributed by atoms with Crippen molar-refractivity contribution in [3.63, 3.8) is 0 Å². The van der Waals surface area contributed by atoms with Gasteiger partial charge in [-0.05, 0) is 44.0 Å². The Morgan fingerprint density at radius 1 is 1.12 bits per heavy atom. The van der Waals surface area contributed by atoms with Crippen molar-refractivity contribution in [3.05, 3.63) is 63.9 Å². The highest BCUT2D eigenvalue weighted by Crippen LogP contribution is 2.33. The van der Waals surface area contributed by atoms with Gasteiger partial charge in [-0.1, -0.05) is 48.9 Å². The molecule has 33 heavy (non-hydrogen) atoms. The van der Waals surface area contributed by atoms with Crippen molar-refractivity contribution in [2.45, 2.75) is 49.8 Å². The van der Waals surface area contributed by atoms with Crippen LogP contribution >= 0.6 is 23.1 Å². The molecular formula is C25H26N4O2S2. The van der Waals surface area contributed by atoms with E-state index in [0.29, 0.717) is 16.1 Å². The Bertz CT molecular complexity index is 1340. The van der Waals surface area contributed by atoms with E-state index in [1.165, 1.54) is 11.8 Å². The van der Waals surface area contributed by atoms with Crippen LogP contribution in [0.5, 0.6) is 0 Å². The van der Waals surface area contributed by atoms with E-state index in [-0.39, 0.29) is 29.3 Å². The Morgan fingerprint density at radius 3 is 2.58 bits per heavy atom. The number of carbonyl (C=O) groups excluding carboxylic acids is 1. The van der Waals surface area contributed by atoms with Gasteiger partial charge in [-0.2, -0.15) is 0 Å². The van der Waals surface area contributed by atoms with Crippen LogP contribution in [0.15, 0.2) is 58.5 Å². The van der Waals surface area contributed by atoms with E-state index >= 15 is 0 Å². The van der Waals surface area contributed by atoms with E-state index in [4.69, 9.17) is 9.97 Å². The number of fused-ring (bicyclic) bond motifs is 2. The molecule has 5 rings (SSSR count). The molecule has 4 aromatic rings. The van der Waals surface area contributed by atoms with Crippen LogP contribution in [0.2, 0.25) is 0 Å². The highest BCUT2D eigenvalue weighted by Gasteiger charge is 2.25. The third-order valence-corrected chi connectivity index (χ3v) is 8.58. The SMILES string of the molecule is C[C@@H](c1nc2ccccc2s1)N(C)C(=O)CSc1nc2ccccc2c(=O)n1C1CCCC1. The van der Waals surface area contributed by atoms with Crippen molar-refractivity contribution >= 4 is 50.1 Å². The summed E-state index contributed by atoms with van der Waals surface area (Å²) in [5, 5.41) is 2.20. The predicted octanol–water partition coefficient (Wildman–Crippen LogP) is 5.43. The molecule has 0 N–H and O–H groups in total. The van der Waals surface area contributed by atoms with E-state index in [1.807, 2.05) is 61.0 Å². The number of thiazole rings is 1. The summed E-state index contributed by atoms with van der Waals surface area (Å²) in [5.74, 6) is 0.218. The first kappa shape index (κ1) is 22.1. The maximum absolute atomic E-state index is 13.3. The van der Waals surface area contributed by atoms with Crippen molar-refractivity contribution in [1.82, 2.24) is 19.4 Å². The molecule has 0 unspecified atom stereocenters. The summed E-state index contributed by atoms with van der Waals surface area (Å²) in [6.07, 6.45) is 4.21. The summed E-state index contributed by atoms with van der Waals surface area (Å²) in [6.45, 7) is 2.00. The van der Waals surface area contributed by atoms with E-state index in [0.717, 1.165) is 40.9 Å². The summed E-state index contributed by atoms with van der Waals surface area (Å²) in [5.41, 5.74) is 1.64. The molecule has 1 atom stereocenters.